The molecule has 9 nitrogen and oxygen atoms in total. The summed E-state index contributed by atoms with van der Waals surface area (Å²) in [5.74, 6) is -0.354. The Kier molecular flexibility index (Phi) is 6.94. The number of rotatable bonds is 10. The SMILES string of the molecule is CCS(=O)(=O)N1CC(C(C)C#N)(n2cc(-c3ccnc4c3ccn4COCC[Si](C)(C)C)cn2)C1. The second kappa shape index (κ2) is 9.50. The van der Waals surface area contributed by atoms with Crippen molar-refractivity contribution in [2.45, 2.75) is 51.8 Å². The van der Waals surface area contributed by atoms with Gasteiger partial charge in [0.1, 0.15) is 17.9 Å². The molecule has 1 atom stereocenters. The molecule has 1 fully saturated rings. The summed E-state index contributed by atoms with van der Waals surface area (Å²) < 4.78 is 35.8. The van der Waals surface area contributed by atoms with Gasteiger partial charge in [0.05, 0.1) is 23.9 Å². The number of hydrogen-bond donors (Lipinski definition) is 0. The first-order valence-corrected chi connectivity index (χ1v) is 17.3. The number of pyridine rings is 1. The minimum absolute atomic E-state index is 0.0439. The zero-order valence-electron chi connectivity index (χ0n) is 21.1. The van der Waals surface area contributed by atoms with E-state index >= 15 is 0 Å². The molecule has 3 aromatic heterocycles. The van der Waals surface area contributed by atoms with Crippen LogP contribution in [0.15, 0.2) is 36.9 Å². The van der Waals surface area contributed by atoms with E-state index in [1.165, 1.54) is 4.31 Å². The minimum atomic E-state index is -3.31. The normalized spacial score (nSPS) is 17.3. The molecular formula is C24H34N6O3SSi. The molecule has 0 amide bonds. The second-order valence-electron chi connectivity index (χ2n) is 10.5. The van der Waals surface area contributed by atoms with Gasteiger partial charge < -0.3 is 9.30 Å². The molecule has 1 aliphatic heterocycles. The van der Waals surface area contributed by atoms with Gasteiger partial charge in [-0.1, -0.05) is 19.6 Å². The van der Waals surface area contributed by atoms with Crippen LogP contribution in [0.4, 0.5) is 0 Å². The van der Waals surface area contributed by atoms with Crippen LogP contribution in [0, 0.1) is 17.2 Å². The van der Waals surface area contributed by atoms with Crippen LogP contribution in [0.25, 0.3) is 22.2 Å². The predicted molar refractivity (Wildman–Crippen MR) is 139 cm³/mol. The Bertz CT molecular complexity index is 1350. The van der Waals surface area contributed by atoms with E-state index in [0.29, 0.717) is 6.73 Å². The van der Waals surface area contributed by atoms with Crippen LogP contribution in [0.2, 0.25) is 25.7 Å². The fourth-order valence-corrected chi connectivity index (χ4v) is 6.34. The third kappa shape index (κ3) is 4.93. The number of sulfonamides is 1. The predicted octanol–water partition coefficient (Wildman–Crippen LogP) is 3.73. The van der Waals surface area contributed by atoms with Crippen LogP contribution in [0.1, 0.15) is 13.8 Å². The lowest BCUT2D eigenvalue weighted by molar-refractivity contribution is 0.0357. The van der Waals surface area contributed by atoms with Crippen molar-refractivity contribution in [3.63, 3.8) is 0 Å². The Morgan fingerprint density at radius 1 is 1.29 bits per heavy atom. The molecule has 35 heavy (non-hydrogen) atoms. The highest BCUT2D eigenvalue weighted by Gasteiger charge is 2.53. The lowest BCUT2D eigenvalue weighted by Gasteiger charge is -2.50. The Balaban J connectivity index is 1.58. The molecule has 188 valence electrons. The highest BCUT2D eigenvalue weighted by molar-refractivity contribution is 7.89. The molecule has 0 N–H and O–H groups in total. The fourth-order valence-electron chi connectivity index (χ4n) is 4.37. The first kappa shape index (κ1) is 25.6. The molecule has 0 spiro atoms. The van der Waals surface area contributed by atoms with Crippen LogP contribution in [-0.4, -0.2) is 65.6 Å². The third-order valence-corrected chi connectivity index (χ3v) is 10.4. The van der Waals surface area contributed by atoms with Gasteiger partial charge in [-0.05, 0) is 37.6 Å². The van der Waals surface area contributed by atoms with Gasteiger partial charge in [-0.15, -0.1) is 0 Å². The molecule has 4 heterocycles. The van der Waals surface area contributed by atoms with Gasteiger partial charge in [0.15, 0.2) is 0 Å². The summed E-state index contributed by atoms with van der Waals surface area (Å²) >= 11 is 0. The van der Waals surface area contributed by atoms with E-state index in [9.17, 15) is 13.7 Å². The van der Waals surface area contributed by atoms with Gasteiger partial charge in [-0.2, -0.15) is 14.7 Å². The minimum Gasteiger partial charge on any atom is -0.361 e. The quantitative estimate of drug-likeness (QED) is 0.301. The van der Waals surface area contributed by atoms with E-state index in [0.717, 1.165) is 34.8 Å². The van der Waals surface area contributed by atoms with Crippen molar-refractivity contribution >= 4 is 29.1 Å². The van der Waals surface area contributed by atoms with Crippen LogP contribution in [0.5, 0.6) is 0 Å². The van der Waals surface area contributed by atoms with Gasteiger partial charge in [-0.3, -0.25) is 4.68 Å². The molecule has 4 rings (SSSR count). The molecule has 1 unspecified atom stereocenters. The monoisotopic (exact) mass is 514 g/mol. The maximum Gasteiger partial charge on any atom is 0.213 e. The van der Waals surface area contributed by atoms with Crippen molar-refractivity contribution in [3.05, 3.63) is 36.9 Å². The average molecular weight is 515 g/mol. The van der Waals surface area contributed by atoms with Gasteiger partial charge >= 0.3 is 0 Å². The van der Waals surface area contributed by atoms with E-state index in [4.69, 9.17) is 4.74 Å². The van der Waals surface area contributed by atoms with Crippen LogP contribution < -0.4 is 0 Å². The summed E-state index contributed by atoms with van der Waals surface area (Å²) in [6.07, 6.45) is 7.46. The van der Waals surface area contributed by atoms with E-state index in [-0.39, 0.29) is 18.8 Å². The van der Waals surface area contributed by atoms with Crippen molar-refractivity contribution in [2.75, 3.05) is 25.4 Å². The Hall–Kier alpha value is -2.52. The van der Waals surface area contributed by atoms with E-state index in [1.807, 2.05) is 36.0 Å². The number of fused-ring (bicyclic) bond motifs is 1. The summed E-state index contributed by atoms with van der Waals surface area (Å²) in [5.41, 5.74) is 2.04. The van der Waals surface area contributed by atoms with Crippen molar-refractivity contribution in [2.24, 2.45) is 5.92 Å². The zero-order valence-corrected chi connectivity index (χ0v) is 22.9. The van der Waals surface area contributed by atoms with Crippen molar-refractivity contribution in [3.8, 4) is 17.2 Å². The fraction of sp³-hybridized carbons (Fsp3) is 0.542. The van der Waals surface area contributed by atoms with Crippen molar-refractivity contribution in [1.29, 1.82) is 5.26 Å². The molecule has 1 aliphatic rings. The molecule has 0 aliphatic carbocycles. The molecule has 0 radical (unpaired) electrons. The van der Waals surface area contributed by atoms with Crippen LogP contribution in [-0.2, 0) is 27.0 Å². The number of nitriles is 1. The summed E-state index contributed by atoms with van der Waals surface area (Å²) in [5, 5.41) is 15.2. The lowest BCUT2D eigenvalue weighted by atomic mass is 9.80. The Labute approximate surface area is 208 Å². The van der Waals surface area contributed by atoms with Gasteiger partial charge in [-0.25, -0.2) is 13.4 Å². The highest BCUT2D eigenvalue weighted by atomic mass is 32.2. The standard InChI is InChI=1S/C24H34N6O3SSi/c1-6-34(31,32)29-16-24(17-29,19(2)13-25)30-15-20(14-27-30)21-7-9-26-23-22(21)8-10-28(23)18-33-11-12-35(3,4)5/h7-10,14-15,19H,6,11-12,16-18H2,1-5H3. The number of ether oxygens (including phenoxy) is 1. The Morgan fingerprint density at radius 2 is 2.03 bits per heavy atom. The van der Waals surface area contributed by atoms with Crippen molar-refractivity contribution in [1.82, 2.24) is 23.6 Å². The zero-order chi connectivity index (χ0) is 25.4. The number of hydrogen-bond acceptors (Lipinski definition) is 6. The largest absolute Gasteiger partial charge is 0.361 e. The number of aromatic nitrogens is 4. The molecule has 3 aromatic rings. The molecular weight excluding hydrogens is 480 g/mol. The Morgan fingerprint density at radius 3 is 2.69 bits per heavy atom. The van der Waals surface area contributed by atoms with E-state index in [2.05, 4.69) is 35.8 Å². The molecule has 11 heteroatoms. The van der Waals surface area contributed by atoms with E-state index in [1.54, 1.807) is 24.0 Å². The van der Waals surface area contributed by atoms with Gasteiger partial charge in [0.25, 0.3) is 0 Å². The first-order valence-electron chi connectivity index (χ1n) is 12.0. The van der Waals surface area contributed by atoms with Gasteiger partial charge in [0.2, 0.25) is 10.0 Å². The summed E-state index contributed by atoms with van der Waals surface area (Å²) in [6, 6.07) is 7.40. The maximum atomic E-state index is 12.3. The third-order valence-electron chi connectivity index (χ3n) is 6.90. The van der Waals surface area contributed by atoms with Crippen LogP contribution >= 0.6 is 0 Å². The maximum absolute atomic E-state index is 12.3. The summed E-state index contributed by atoms with van der Waals surface area (Å²) in [7, 11) is -4.45. The highest BCUT2D eigenvalue weighted by Crippen LogP contribution is 2.39. The van der Waals surface area contributed by atoms with E-state index < -0.39 is 29.6 Å². The first-order chi connectivity index (χ1) is 16.5. The summed E-state index contributed by atoms with van der Waals surface area (Å²) in [4.78, 5) is 4.57. The lowest BCUT2D eigenvalue weighted by Crippen LogP contribution is -2.67. The smallest absolute Gasteiger partial charge is 0.213 e. The average Bonchev–Trinajstić information content (AvgIpc) is 3.43. The van der Waals surface area contributed by atoms with Crippen molar-refractivity contribution < 1.29 is 13.2 Å². The molecule has 0 aromatic carbocycles. The molecule has 0 bridgehead atoms. The molecule has 0 saturated carbocycles. The topological polar surface area (TPSA) is 106 Å². The van der Waals surface area contributed by atoms with Gasteiger partial charge in [0, 0.05) is 57.3 Å². The molecule has 1 saturated heterocycles. The number of nitrogens with zero attached hydrogens (tertiary/aromatic N) is 6. The second-order valence-corrected chi connectivity index (χ2v) is 18.4. The van der Waals surface area contributed by atoms with Crippen LogP contribution in [0.3, 0.4) is 0 Å². The summed E-state index contributed by atoms with van der Waals surface area (Å²) in [6.45, 7) is 12.1.